The molecule has 350 valence electrons. The second-order valence-electron chi connectivity index (χ2n) is 16.5. The van der Waals surface area contributed by atoms with Gasteiger partial charge in [-0.1, -0.05) is 113 Å². The maximum absolute atomic E-state index is 14.6. The van der Waals surface area contributed by atoms with Crippen molar-refractivity contribution >= 4 is 105 Å². The van der Waals surface area contributed by atoms with Crippen molar-refractivity contribution in [2.45, 2.75) is 45.7 Å². The van der Waals surface area contributed by atoms with E-state index in [-0.39, 0.29) is 56.9 Å². The van der Waals surface area contributed by atoms with Crippen LogP contribution >= 0.6 is 69.3 Å². The van der Waals surface area contributed by atoms with E-state index in [9.17, 15) is 14.4 Å². The van der Waals surface area contributed by atoms with Gasteiger partial charge in [0, 0.05) is 58.4 Å². The first kappa shape index (κ1) is 49.3. The summed E-state index contributed by atoms with van der Waals surface area (Å²) in [6.45, 7) is 7.31. The fourth-order valence-corrected chi connectivity index (χ4v) is 10.1. The average molecular weight is 1030 g/mol. The van der Waals surface area contributed by atoms with Gasteiger partial charge in [0.25, 0.3) is 0 Å². The van der Waals surface area contributed by atoms with Crippen molar-refractivity contribution < 1.29 is 19.1 Å². The zero-order chi connectivity index (χ0) is 48.1. The number of halogens is 5. The fraction of sp³-hybridized carbons (Fsp3) is 0.255. The molecule has 0 bridgehead atoms. The van der Waals surface area contributed by atoms with Crippen LogP contribution in [0.25, 0.3) is 17.2 Å². The predicted molar refractivity (Wildman–Crippen MR) is 274 cm³/mol. The number of ketones is 1. The number of carbonyl (C=O) groups is 3. The molecule has 2 amide bonds. The molecule has 0 saturated carbocycles. The van der Waals surface area contributed by atoms with Gasteiger partial charge in [-0.15, -0.1) is 21.5 Å². The van der Waals surface area contributed by atoms with Crippen molar-refractivity contribution in [2.75, 3.05) is 39.4 Å². The van der Waals surface area contributed by atoms with Crippen LogP contribution in [0, 0.1) is 20.8 Å². The molecule has 17 heteroatoms. The molecular formula is C51H46Cl5N7O4S. The third kappa shape index (κ3) is 11.5. The standard InChI is InChI=1S/C51H46Cl5N7O4S/c1-29-30(2)68-51-46(29)47(35-11-13-38(52)14-12-35)59-43(49-61-60-31(3)63(49)51)26-45(64)58-18-20-67-19-17-57-44(25-32-7-5-4-6-8-32)50(66)62-27-36(21-33-9-15-39(53)41(55)23-33)48(65)37(28-62)22-34-10-16-40(54)42(56)24-34/h4-16,21-24,43-44,57H,17-20,25-28H2,1-3H3,(H,58,64)/b36-21+,37-22+/t43-,44-/m0/s1. The Balaban J connectivity index is 0.923. The molecule has 2 aliphatic heterocycles. The van der Waals surface area contributed by atoms with E-state index in [1.165, 1.54) is 0 Å². The molecule has 1 saturated heterocycles. The molecule has 0 aliphatic carbocycles. The largest absolute Gasteiger partial charge is 0.378 e. The highest BCUT2D eigenvalue weighted by Crippen LogP contribution is 2.40. The number of amides is 2. The molecule has 2 aromatic heterocycles. The highest BCUT2D eigenvalue weighted by atomic mass is 35.5. The number of hydrogen-bond acceptors (Lipinski definition) is 9. The Bertz CT molecular complexity index is 2890. The van der Waals surface area contributed by atoms with E-state index in [4.69, 9.17) is 67.7 Å². The van der Waals surface area contributed by atoms with Crippen LogP contribution in [0.15, 0.2) is 107 Å². The van der Waals surface area contributed by atoms with Gasteiger partial charge in [-0.2, -0.15) is 0 Å². The molecule has 6 aromatic rings. The number of fused-ring (bicyclic) bond motifs is 3. The minimum atomic E-state index is -0.660. The van der Waals surface area contributed by atoms with Crippen LogP contribution in [0.4, 0.5) is 0 Å². The SMILES string of the molecule is Cc1sc2c(c1C)C(c1ccc(Cl)cc1)=N[C@@H](CC(=O)NCCOCCN[C@@H](Cc1ccccc1)C(=O)N1C/C(=C\c3ccc(Cl)c(Cl)c3)C(=O)/C(=C/c3ccc(Cl)c(Cl)c3)C1)c1nnc(C)n1-2. The third-order valence-electron chi connectivity index (χ3n) is 11.7. The highest BCUT2D eigenvalue weighted by Gasteiger charge is 2.34. The Morgan fingerprint density at radius 2 is 1.44 bits per heavy atom. The maximum atomic E-state index is 14.6. The van der Waals surface area contributed by atoms with E-state index in [0.29, 0.717) is 72.0 Å². The van der Waals surface area contributed by atoms with E-state index >= 15 is 0 Å². The van der Waals surface area contributed by atoms with Crippen molar-refractivity contribution in [1.82, 2.24) is 30.3 Å². The Morgan fingerprint density at radius 3 is 2.07 bits per heavy atom. The number of aryl methyl sites for hydroxylation is 2. The lowest BCUT2D eigenvalue weighted by Gasteiger charge is -2.33. The van der Waals surface area contributed by atoms with E-state index in [2.05, 4.69) is 34.7 Å². The van der Waals surface area contributed by atoms with Crippen LogP contribution in [-0.4, -0.2) is 88.4 Å². The number of ether oxygens (including phenoxy) is 1. The summed E-state index contributed by atoms with van der Waals surface area (Å²) in [5, 5.41) is 18.4. The van der Waals surface area contributed by atoms with Crippen LogP contribution in [0.3, 0.4) is 0 Å². The summed E-state index contributed by atoms with van der Waals surface area (Å²) in [5.41, 5.74) is 6.87. The molecular weight excluding hydrogens is 984 g/mol. The molecule has 11 nitrogen and oxygen atoms in total. The van der Waals surface area contributed by atoms with E-state index in [1.807, 2.05) is 66.1 Å². The molecule has 4 heterocycles. The quantitative estimate of drug-likeness (QED) is 0.0774. The van der Waals surface area contributed by atoms with Crippen LogP contribution in [0.2, 0.25) is 25.1 Å². The fourth-order valence-electron chi connectivity index (χ4n) is 8.17. The zero-order valence-corrected chi connectivity index (χ0v) is 41.9. The van der Waals surface area contributed by atoms with E-state index in [1.54, 1.807) is 64.8 Å². The Labute approximate surface area is 423 Å². The van der Waals surface area contributed by atoms with Crippen molar-refractivity contribution in [1.29, 1.82) is 0 Å². The maximum Gasteiger partial charge on any atom is 0.240 e. The summed E-state index contributed by atoms with van der Waals surface area (Å²) < 4.78 is 7.98. The number of carbonyl (C=O) groups excluding carboxylic acids is 3. The minimum Gasteiger partial charge on any atom is -0.378 e. The first-order chi connectivity index (χ1) is 32.7. The lowest BCUT2D eigenvalue weighted by Crippen LogP contribution is -2.52. The van der Waals surface area contributed by atoms with Crippen molar-refractivity contribution in [3.63, 3.8) is 0 Å². The summed E-state index contributed by atoms with van der Waals surface area (Å²) in [4.78, 5) is 50.2. The van der Waals surface area contributed by atoms with Gasteiger partial charge >= 0.3 is 0 Å². The lowest BCUT2D eigenvalue weighted by molar-refractivity contribution is -0.133. The van der Waals surface area contributed by atoms with Gasteiger partial charge in [0.1, 0.15) is 16.9 Å². The number of likely N-dealkylation sites (tertiary alicyclic amines) is 1. The Hall–Kier alpha value is -5.15. The molecule has 0 unspecified atom stereocenters. The van der Waals surface area contributed by atoms with Gasteiger partial charge in [-0.3, -0.25) is 23.9 Å². The van der Waals surface area contributed by atoms with E-state index in [0.717, 1.165) is 37.8 Å². The molecule has 0 radical (unpaired) electrons. The van der Waals surface area contributed by atoms with Crippen LogP contribution in [0.5, 0.6) is 0 Å². The topological polar surface area (TPSA) is 131 Å². The molecule has 0 spiro atoms. The second kappa shape index (κ2) is 22.1. The smallest absolute Gasteiger partial charge is 0.240 e. The molecule has 2 aliphatic rings. The molecule has 1 fully saturated rings. The average Bonchev–Trinajstić information content (AvgIpc) is 3.80. The zero-order valence-electron chi connectivity index (χ0n) is 37.3. The number of rotatable bonds is 15. The first-order valence-corrected chi connectivity index (χ1v) is 24.6. The van der Waals surface area contributed by atoms with Crippen LogP contribution < -0.4 is 10.6 Å². The summed E-state index contributed by atoms with van der Waals surface area (Å²) in [6.07, 6.45) is 3.90. The third-order valence-corrected chi connectivity index (χ3v) is 14.6. The predicted octanol–water partition coefficient (Wildman–Crippen LogP) is 10.7. The summed E-state index contributed by atoms with van der Waals surface area (Å²) in [5.74, 6) is 0.698. The number of hydrogen-bond donors (Lipinski definition) is 2. The number of aromatic nitrogens is 3. The number of nitrogens with one attached hydrogen (secondary N) is 2. The molecule has 68 heavy (non-hydrogen) atoms. The number of nitrogens with zero attached hydrogens (tertiary/aromatic N) is 5. The first-order valence-electron chi connectivity index (χ1n) is 21.9. The molecule has 2 N–H and O–H groups in total. The van der Waals surface area contributed by atoms with Crippen molar-refractivity contribution in [2.24, 2.45) is 4.99 Å². The number of thiophene rings is 1. The van der Waals surface area contributed by atoms with Gasteiger partial charge in [0.2, 0.25) is 11.8 Å². The Morgan fingerprint density at radius 1 is 0.809 bits per heavy atom. The summed E-state index contributed by atoms with van der Waals surface area (Å²) in [7, 11) is 0. The van der Waals surface area contributed by atoms with Crippen molar-refractivity contribution in [3.05, 3.63) is 177 Å². The monoisotopic (exact) mass is 1030 g/mol. The Kier molecular flexibility index (Phi) is 16.0. The normalized spacial score (nSPS) is 16.4. The molecule has 2 atom stereocenters. The van der Waals surface area contributed by atoms with Gasteiger partial charge < -0.3 is 20.3 Å². The number of Topliss-reactive ketones (excluding diaryl/α,β-unsaturated/α-hetero) is 1. The number of aliphatic imine (C=N–C) groups is 1. The number of piperidine rings is 1. The van der Waals surface area contributed by atoms with Crippen LogP contribution in [-0.2, 0) is 25.5 Å². The van der Waals surface area contributed by atoms with Gasteiger partial charge in [0.05, 0.1) is 51.5 Å². The summed E-state index contributed by atoms with van der Waals surface area (Å²) in [6, 6.07) is 26.2. The molecule has 4 aromatic carbocycles. The summed E-state index contributed by atoms with van der Waals surface area (Å²) >= 11 is 33.0. The van der Waals surface area contributed by atoms with Crippen molar-refractivity contribution in [3.8, 4) is 5.00 Å². The molecule has 8 rings (SSSR count). The van der Waals surface area contributed by atoms with Gasteiger partial charge in [0.15, 0.2) is 11.6 Å². The number of benzene rings is 4. The van der Waals surface area contributed by atoms with E-state index < -0.39 is 12.1 Å². The van der Waals surface area contributed by atoms with Gasteiger partial charge in [-0.05, 0) is 98.0 Å². The minimum absolute atomic E-state index is 0.0455. The van der Waals surface area contributed by atoms with Crippen LogP contribution in [0.1, 0.15) is 62.4 Å². The second-order valence-corrected chi connectivity index (χ2v) is 19.7. The van der Waals surface area contributed by atoms with Gasteiger partial charge in [-0.25, -0.2) is 0 Å². The lowest BCUT2D eigenvalue weighted by atomic mass is 9.93. The highest BCUT2D eigenvalue weighted by molar-refractivity contribution is 7.15.